The van der Waals surface area contributed by atoms with E-state index in [1.165, 1.54) is 0 Å². The molecule has 8 heteroatoms. The van der Waals surface area contributed by atoms with Crippen molar-refractivity contribution >= 4 is 22.6 Å². The molecule has 40 heavy (non-hydrogen) atoms. The molecule has 0 aromatic heterocycles. The fraction of sp³-hybridized carbons (Fsp3) is 0.719. The highest BCUT2D eigenvalue weighted by Gasteiger charge is 2.74. The van der Waals surface area contributed by atoms with Crippen molar-refractivity contribution in [3.05, 3.63) is 47.0 Å². The van der Waals surface area contributed by atoms with Crippen LogP contribution in [0.15, 0.2) is 41.5 Å². The minimum atomic E-state index is -2.30. The van der Waals surface area contributed by atoms with Crippen LogP contribution >= 0.6 is 0 Å². The van der Waals surface area contributed by atoms with Crippen LogP contribution in [0.2, 0.25) is 37.8 Å². The number of carbonyl (C=O) groups excluding carboxylic acids is 1. The smallest absolute Gasteiger partial charge is 0.341 e. The van der Waals surface area contributed by atoms with Crippen LogP contribution in [0.3, 0.4) is 0 Å². The number of aliphatic hydroxyl groups is 1. The van der Waals surface area contributed by atoms with Crippen molar-refractivity contribution in [3.8, 4) is 0 Å². The van der Waals surface area contributed by atoms with Crippen LogP contribution in [-0.2, 0) is 29.7 Å². The van der Waals surface area contributed by atoms with Gasteiger partial charge < -0.3 is 23.4 Å². The van der Waals surface area contributed by atoms with Crippen molar-refractivity contribution in [1.29, 1.82) is 0 Å². The first-order valence-corrected chi connectivity index (χ1v) is 21.1. The zero-order valence-electron chi connectivity index (χ0n) is 26.8. The van der Waals surface area contributed by atoms with Gasteiger partial charge in [-0.3, -0.25) is 0 Å². The molecule has 1 aromatic rings. The van der Waals surface area contributed by atoms with Gasteiger partial charge in [0.25, 0.3) is 0 Å². The van der Waals surface area contributed by atoms with Crippen LogP contribution in [-0.4, -0.2) is 57.2 Å². The first-order chi connectivity index (χ1) is 18.1. The van der Waals surface area contributed by atoms with E-state index < -0.39 is 46.0 Å². The maximum Gasteiger partial charge on any atom is 0.341 e. The molecule has 0 radical (unpaired) electrons. The minimum Gasteiger partial charge on any atom is -0.452 e. The summed E-state index contributed by atoms with van der Waals surface area (Å²) in [6.07, 6.45) is -0.243. The lowest BCUT2D eigenvalue weighted by Crippen LogP contribution is -2.67. The molecule has 3 aliphatic rings. The van der Waals surface area contributed by atoms with Crippen LogP contribution in [0, 0.1) is 11.3 Å². The highest BCUT2D eigenvalue weighted by molar-refractivity contribution is 6.74. The summed E-state index contributed by atoms with van der Waals surface area (Å²) < 4.78 is 26.4. The molecule has 1 unspecified atom stereocenters. The number of hydrogen-bond acceptors (Lipinski definition) is 6. The molecule has 4 rings (SSSR count). The fourth-order valence-corrected chi connectivity index (χ4v) is 9.55. The first-order valence-electron chi connectivity index (χ1n) is 14.8. The molecule has 6 nitrogen and oxygen atoms in total. The van der Waals surface area contributed by atoms with Gasteiger partial charge in [0, 0.05) is 0 Å². The van der Waals surface area contributed by atoms with Crippen LogP contribution in [0.5, 0.6) is 0 Å². The van der Waals surface area contributed by atoms with E-state index in [-0.39, 0.29) is 22.5 Å². The predicted molar refractivity (Wildman–Crippen MR) is 164 cm³/mol. The Balaban J connectivity index is 1.84. The normalized spacial score (nSPS) is 34.4. The van der Waals surface area contributed by atoms with Gasteiger partial charge in [-0.25, -0.2) is 4.79 Å². The van der Waals surface area contributed by atoms with Gasteiger partial charge in [0.1, 0.15) is 0 Å². The van der Waals surface area contributed by atoms with E-state index in [2.05, 4.69) is 54.6 Å². The summed E-state index contributed by atoms with van der Waals surface area (Å²) in [6, 6.07) is 9.97. The van der Waals surface area contributed by atoms with Crippen molar-refractivity contribution in [3.63, 3.8) is 0 Å². The third-order valence-corrected chi connectivity index (χ3v) is 15.5. The van der Waals surface area contributed by atoms with E-state index in [0.29, 0.717) is 13.0 Å². The highest BCUT2D eigenvalue weighted by Crippen LogP contribution is 2.60. The average molecular weight is 589 g/mol. The topological polar surface area (TPSA) is 74.2 Å². The maximum atomic E-state index is 13.8. The van der Waals surface area contributed by atoms with Crippen molar-refractivity contribution in [2.75, 3.05) is 0 Å². The van der Waals surface area contributed by atoms with E-state index >= 15 is 0 Å². The second kappa shape index (κ2) is 10.2. The van der Waals surface area contributed by atoms with Crippen molar-refractivity contribution in [2.45, 2.75) is 135 Å². The summed E-state index contributed by atoms with van der Waals surface area (Å²) in [7, 11) is -4.37. The zero-order chi connectivity index (χ0) is 30.1. The molecule has 0 bridgehead atoms. The number of hydrogen-bond donors (Lipinski definition) is 1. The summed E-state index contributed by atoms with van der Waals surface area (Å²) in [4.78, 5) is 13.8. The molecule has 1 aromatic carbocycles. The SMILES string of the molecule is CC1=C2[C@H](CC1O[Si](C)(C)C(C)(C)C)C(C)(C)C[C@@H](OCc1ccccc1)[C@@]1(O)[C@H]2OC(=O)[C@@]1(C)O[Si](C)(C)C. The average Bonchev–Trinajstić information content (AvgIpc) is 3.20. The Morgan fingerprint density at radius 2 is 1.65 bits per heavy atom. The number of fused-ring (bicyclic) bond motifs is 3. The Morgan fingerprint density at radius 3 is 2.20 bits per heavy atom. The lowest BCUT2D eigenvalue weighted by atomic mass is 9.72. The second-order valence-electron chi connectivity index (χ2n) is 15.6. The molecule has 6 atom stereocenters. The van der Waals surface area contributed by atoms with Gasteiger partial charge in [-0.2, -0.15) is 0 Å². The molecule has 1 saturated heterocycles. The first kappa shape index (κ1) is 31.6. The van der Waals surface area contributed by atoms with Gasteiger partial charge in [0.2, 0.25) is 0 Å². The molecule has 1 saturated carbocycles. The van der Waals surface area contributed by atoms with Crippen LogP contribution in [0.4, 0.5) is 0 Å². The number of benzene rings is 1. The fourth-order valence-electron chi connectivity index (χ4n) is 6.75. The maximum absolute atomic E-state index is 13.8. The summed E-state index contributed by atoms with van der Waals surface area (Å²) >= 11 is 0. The monoisotopic (exact) mass is 588 g/mol. The molecule has 2 aliphatic carbocycles. The van der Waals surface area contributed by atoms with Gasteiger partial charge in [0.05, 0.1) is 18.8 Å². The Bertz CT molecular complexity index is 1150. The van der Waals surface area contributed by atoms with Gasteiger partial charge in [-0.1, -0.05) is 65.0 Å². The highest BCUT2D eigenvalue weighted by atomic mass is 28.4. The third kappa shape index (κ3) is 5.33. The van der Waals surface area contributed by atoms with Gasteiger partial charge in [0.15, 0.2) is 33.9 Å². The third-order valence-electron chi connectivity index (χ3n) is 10.0. The molecule has 1 heterocycles. The zero-order valence-corrected chi connectivity index (χ0v) is 28.8. The van der Waals surface area contributed by atoms with Gasteiger partial charge in [-0.05, 0) is 92.5 Å². The number of ether oxygens (including phenoxy) is 2. The summed E-state index contributed by atoms with van der Waals surface area (Å²) in [5.74, 6) is -0.436. The van der Waals surface area contributed by atoms with E-state index in [0.717, 1.165) is 23.1 Å². The molecule has 1 N–H and O–H groups in total. The molecule has 0 spiro atoms. The van der Waals surface area contributed by atoms with Crippen molar-refractivity contribution in [2.24, 2.45) is 11.3 Å². The molecular formula is C32H52O6Si2. The molecule has 0 amide bonds. The lowest BCUT2D eigenvalue weighted by molar-refractivity contribution is -0.198. The van der Waals surface area contributed by atoms with E-state index in [1.54, 1.807) is 6.92 Å². The molecule has 2 fully saturated rings. The van der Waals surface area contributed by atoms with Gasteiger partial charge >= 0.3 is 5.97 Å². The standard InChI is InChI=1S/C32H52O6Si2/c1-21-24(37-40(11,12)29(2,3)4)18-23-26(21)27-32(34,31(7,28(33)36-27)38-39(8,9)10)25(19-30(23,5)6)35-20-22-16-14-13-15-17-22/h13-17,23-25,27,34H,18-20H2,1-12H3/t23-,24?,25+,27-,31+,32+/m0/s1. The number of carbonyl (C=O) groups is 1. The van der Waals surface area contributed by atoms with E-state index in [9.17, 15) is 9.90 Å². The Labute approximate surface area is 244 Å². The Kier molecular flexibility index (Phi) is 8.04. The largest absolute Gasteiger partial charge is 0.452 e. The van der Waals surface area contributed by atoms with Crippen molar-refractivity contribution < 1.29 is 28.2 Å². The van der Waals surface area contributed by atoms with E-state index in [1.807, 2.05) is 50.0 Å². The minimum absolute atomic E-state index is 0.0683. The quantitative estimate of drug-likeness (QED) is 0.210. The van der Waals surface area contributed by atoms with Crippen LogP contribution in [0.25, 0.3) is 0 Å². The number of rotatable bonds is 7. The molecule has 1 aliphatic heterocycles. The molecular weight excluding hydrogens is 537 g/mol. The summed E-state index contributed by atoms with van der Waals surface area (Å²) in [5.41, 5.74) is -0.399. The Hall–Kier alpha value is -1.30. The van der Waals surface area contributed by atoms with Crippen molar-refractivity contribution in [1.82, 2.24) is 0 Å². The molecule has 224 valence electrons. The summed E-state index contributed by atoms with van der Waals surface area (Å²) in [5, 5.41) is 13.1. The lowest BCUT2D eigenvalue weighted by Gasteiger charge is -2.45. The van der Waals surface area contributed by atoms with Crippen LogP contribution < -0.4 is 0 Å². The van der Waals surface area contributed by atoms with Crippen LogP contribution in [0.1, 0.15) is 66.9 Å². The Morgan fingerprint density at radius 1 is 1.05 bits per heavy atom. The van der Waals surface area contributed by atoms with E-state index in [4.69, 9.17) is 18.3 Å². The summed E-state index contributed by atoms with van der Waals surface area (Å²) in [6.45, 7) is 26.1. The van der Waals surface area contributed by atoms with Gasteiger partial charge in [-0.15, -0.1) is 0 Å². The number of esters is 1. The second-order valence-corrected chi connectivity index (χ2v) is 24.8. The predicted octanol–water partition coefficient (Wildman–Crippen LogP) is 7.00.